The summed E-state index contributed by atoms with van der Waals surface area (Å²) in [5, 5.41) is 28.9. The minimum Gasteiger partial charge on any atom is -0.373 e. The summed E-state index contributed by atoms with van der Waals surface area (Å²) in [5.74, 6) is -0.254. The fraction of sp³-hybridized carbons (Fsp3) is 0.345. The summed E-state index contributed by atoms with van der Waals surface area (Å²) >= 11 is 0. The van der Waals surface area contributed by atoms with Crippen LogP contribution in [0.2, 0.25) is 0 Å². The Morgan fingerprint density at radius 3 is 2.62 bits per heavy atom. The lowest BCUT2D eigenvalue weighted by Crippen LogP contribution is -2.27. The summed E-state index contributed by atoms with van der Waals surface area (Å²) in [5.41, 5.74) is 6.48. The number of anilines is 2. The number of rotatable bonds is 9. The summed E-state index contributed by atoms with van der Waals surface area (Å²) < 4.78 is 3.47. The van der Waals surface area contributed by atoms with Gasteiger partial charge in [0, 0.05) is 55.4 Å². The van der Waals surface area contributed by atoms with Gasteiger partial charge in [-0.3, -0.25) is 9.48 Å². The van der Waals surface area contributed by atoms with Gasteiger partial charge in [-0.1, -0.05) is 11.3 Å². The Balaban J connectivity index is 1.64. The van der Waals surface area contributed by atoms with Gasteiger partial charge in [-0.2, -0.15) is 10.4 Å². The maximum Gasteiger partial charge on any atom is 0.255 e. The second-order valence-electron chi connectivity index (χ2n) is 10.3. The van der Waals surface area contributed by atoms with Crippen LogP contribution in [0.5, 0.6) is 0 Å². The largest absolute Gasteiger partial charge is 0.373 e. The number of aryl methyl sites for hydroxylation is 2. The Morgan fingerprint density at radius 2 is 1.95 bits per heavy atom. The number of nitriles is 1. The van der Waals surface area contributed by atoms with E-state index in [1.165, 1.54) is 0 Å². The summed E-state index contributed by atoms with van der Waals surface area (Å²) in [7, 11) is 5.79. The molecule has 0 aliphatic rings. The van der Waals surface area contributed by atoms with E-state index in [1.54, 1.807) is 21.6 Å². The Kier molecular flexibility index (Phi) is 7.83. The summed E-state index contributed by atoms with van der Waals surface area (Å²) in [4.78, 5) is 15.5. The van der Waals surface area contributed by atoms with Gasteiger partial charge in [0.2, 0.25) is 0 Å². The zero-order valence-electron chi connectivity index (χ0n) is 23.6. The molecule has 4 rings (SSSR count). The quantitative estimate of drug-likeness (QED) is 0.339. The third kappa shape index (κ3) is 5.84. The van der Waals surface area contributed by atoms with Crippen molar-refractivity contribution < 1.29 is 4.79 Å². The number of benzene rings is 2. The molecule has 0 saturated carbocycles. The van der Waals surface area contributed by atoms with Crippen LogP contribution >= 0.6 is 0 Å². The van der Waals surface area contributed by atoms with Crippen molar-refractivity contribution >= 4 is 17.3 Å². The second-order valence-corrected chi connectivity index (χ2v) is 10.3. The molecule has 202 valence electrons. The molecule has 2 heterocycles. The monoisotopic (exact) mass is 525 g/mol. The molecule has 1 amide bonds. The van der Waals surface area contributed by atoms with Crippen LogP contribution in [0.15, 0.2) is 48.8 Å². The average molecular weight is 526 g/mol. The second kappa shape index (κ2) is 11.1. The lowest BCUT2D eigenvalue weighted by Gasteiger charge is -2.24. The van der Waals surface area contributed by atoms with Crippen molar-refractivity contribution in [1.29, 1.82) is 5.26 Å². The zero-order chi connectivity index (χ0) is 28.3. The molecule has 0 radical (unpaired) electrons. The lowest BCUT2D eigenvalue weighted by molar-refractivity contribution is 0.102. The predicted octanol–water partition coefficient (Wildman–Crippen LogP) is 3.99. The highest BCUT2D eigenvalue weighted by Gasteiger charge is 2.22. The topological polar surface area (TPSA) is 117 Å². The molecule has 0 saturated heterocycles. The van der Waals surface area contributed by atoms with Crippen LogP contribution in [0.3, 0.4) is 0 Å². The number of hydrogen-bond donors (Lipinski definition) is 2. The van der Waals surface area contributed by atoms with E-state index < -0.39 is 5.41 Å². The Bertz CT molecular complexity index is 1540. The lowest BCUT2D eigenvalue weighted by atomic mass is 9.85. The summed E-state index contributed by atoms with van der Waals surface area (Å²) in [6.45, 7) is 9.27. The highest BCUT2D eigenvalue weighted by atomic mass is 16.1. The minimum absolute atomic E-state index is 0.254. The number of likely N-dealkylation sites (N-methyl/N-ethyl adjacent to an activating group) is 2. The van der Waals surface area contributed by atoms with E-state index in [4.69, 9.17) is 0 Å². The van der Waals surface area contributed by atoms with Crippen LogP contribution in [-0.2, 0) is 12.5 Å². The van der Waals surface area contributed by atoms with Gasteiger partial charge in [0.15, 0.2) is 0 Å². The molecule has 0 atom stereocenters. The average Bonchev–Trinajstić information content (AvgIpc) is 3.53. The molecule has 2 N–H and O–H groups in total. The van der Waals surface area contributed by atoms with E-state index >= 15 is 0 Å². The van der Waals surface area contributed by atoms with Gasteiger partial charge in [-0.15, -0.1) is 5.10 Å². The van der Waals surface area contributed by atoms with Gasteiger partial charge >= 0.3 is 0 Å². The van der Waals surface area contributed by atoms with Gasteiger partial charge in [0.05, 0.1) is 29.6 Å². The van der Waals surface area contributed by atoms with Crippen molar-refractivity contribution in [3.05, 3.63) is 71.2 Å². The number of amides is 1. The molecule has 0 bridgehead atoms. The van der Waals surface area contributed by atoms with E-state index in [9.17, 15) is 10.1 Å². The number of nitrogens with zero attached hydrogens (tertiary/aromatic N) is 7. The normalized spacial score (nSPS) is 11.3. The van der Waals surface area contributed by atoms with Gasteiger partial charge in [0.1, 0.15) is 5.69 Å². The van der Waals surface area contributed by atoms with Crippen LogP contribution < -0.4 is 15.5 Å². The SMILES string of the molecule is CNCCN(C)c1cc(NC(=O)c2ccc(C)c(-n3cc(-c4cnn(C)c4C)nn3)c2)cc(C(C)(C)C#N)c1. The molecular weight excluding hydrogens is 490 g/mol. The summed E-state index contributed by atoms with van der Waals surface area (Å²) in [6, 6.07) is 13.7. The van der Waals surface area contributed by atoms with Crippen molar-refractivity contribution in [1.82, 2.24) is 30.1 Å². The number of aromatic nitrogens is 5. The molecule has 2 aromatic heterocycles. The molecule has 0 fully saturated rings. The number of hydrogen-bond acceptors (Lipinski definition) is 7. The summed E-state index contributed by atoms with van der Waals surface area (Å²) in [6.07, 6.45) is 3.61. The van der Waals surface area contributed by atoms with Crippen LogP contribution in [-0.4, -0.2) is 57.9 Å². The van der Waals surface area contributed by atoms with E-state index in [-0.39, 0.29) is 5.91 Å². The highest BCUT2D eigenvalue weighted by molar-refractivity contribution is 6.05. The molecule has 2 aromatic carbocycles. The fourth-order valence-corrected chi connectivity index (χ4v) is 4.19. The first-order chi connectivity index (χ1) is 18.5. The van der Waals surface area contributed by atoms with Gasteiger partial charge in [0.25, 0.3) is 5.91 Å². The van der Waals surface area contributed by atoms with Crippen molar-refractivity contribution in [2.75, 3.05) is 37.4 Å². The van der Waals surface area contributed by atoms with Crippen LogP contribution in [0.1, 0.15) is 41.0 Å². The van der Waals surface area contributed by atoms with E-state index in [0.717, 1.165) is 46.8 Å². The van der Waals surface area contributed by atoms with Crippen molar-refractivity contribution in [2.45, 2.75) is 33.1 Å². The Labute approximate surface area is 229 Å². The first-order valence-corrected chi connectivity index (χ1v) is 12.8. The Hall–Kier alpha value is -4.49. The maximum atomic E-state index is 13.4. The van der Waals surface area contributed by atoms with Crippen LogP contribution in [0.25, 0.3) is 16.9 Å². The van der Waals surface area contributed by atoms with Crippen LogP contribution in [0.4, 0.5) is 11.4 Å². The minimum atomic E-state index is -0.714. The van der Waals surface area contributed by atoms with E-state index in [1.807, 2.05) is 85.4 Å². The molecular formula is C29H35N9O. The smallest absolute Gasteiger partial charge is 0.255 e. The van der Waals surface area contributed by atoms with Crippen molar-refractivity contribution in [2.24, 2.45) is 7.05 Å². The first kappa shape index (κ1) is 27.5. The molecule has 0 unspecified atom stereocenters. The van der Waals surface area contributed by atoms with E-state index in [0.29, 0.717) is 16.9 Å². The number of carbonyl (C=O) groups excluding carboxylic acids is 1. The Morgan fingerprint density at radius 1 is 1.18 bits per heavy atom. The number of nitrogens with one attached hydrogen (secondary N) is 2. The van der Waals surface area contributed by atoms with Gasteiger partial charge < -0.3 is 15.5 Å². The standard InChI is InChI=1S/C29H35N9O/c1-19-8-9-21(12-27(19)38-17-26(34-35-38)25-16-32-37(7)20(25)2)28(39)33-23-13-22(29(3,4)18-30)14-24(15-23)36(6)11-10-31-5/h8-9,12-17,31H,10-11H2,1-7H3,(H,33,39). The molecule has 0 spiro atoms. The van der Waals surface area contributed by atoms with Crippen molar-refractivity contribution in [3.63, 3.8) is 0 Å². The van der Waals surface area contributed by atoms with Gasteiger partial charge in [-0.25, -0.2) is 4.68 Å². The molecule has 0 aliphatic carbocycles. The fourth-order valence-electron chi connectivity index (χ4n) is 4.19. The molecule has 0 aliphatic heterocycles. The molecule has 4 aromatic rings. The maximum absolute atomic E-state index is 13.4. The van der Waals surface area contributed by atoms with Crippen LogP contribution in [0, 0.1) is 25.2 Å². The number of carbonyl (C=O) groups is 1. The highest BCUT2D eigenvalue weighted by Crippen LogP contribution is 2.31. The third-order valence-corrected chi connectivity index (χ3v) is 7.04. The third-order valence-electron chi connectivity index (χ3n) is 7.04. The predicted molar refractivity (Wildman–Crippen MR) is 153 cm³/mol. The zero-order valence-corrected chi connectivity index (χ0v) is 23.6. The molecule has 10 heteroatoms. The van der Waals surface area contributed by atoms with Crippen molar-refractivity contribution in [3.8, 4) is 23.0 Å². The molecule has 39 heavy (non-hydrogen) atoms. The first-order valence-electron chi connectivity index (χ1n) is 12.8. The van der Waals surface area contributed by atoms with E-state index in [2.05, 4.69) is 37.0 Å². The van der Waals surface area contributed by atoms with Gasteiger partial charge in [-0.05, 0) is 76.2 Å². The molecule has 10 nitrogen and oxygen atoms in total.